The summed E-state index contributed by atoms with van der Waals surface area (Å²) in [6.07, 6.45) is 3.21. The number of carbonyl (C=O) groups is 1. The molecule has 0 spiro atoms. The summed E-state index contributed by atoms with van der Waals surface area (Å²) >= 11 is 0. The smallest absolute Gasteiger partial charge is 0.276 e. The predicted molar refractivity (Wildman–Crippen MR) is 108 cm³/mol. The maximum atomic E-state index is 13.1. The average Bonchev–Trinajstić information content (AvgIpc) is 3.40. The Hall–Kier alpha value is -2.93. The minimum atomic E-state index is -0.0548. The highest BCUT2D eigenvalue weighted by atomic mass is 16.3. The summed E-state index contributed by atoms with van der Waals surface area (Å²) in [6, 6.07) is 9.67. The Morgan fingerprint density at radius 2 is 1.97 bits per heavy atom. The van der Waals surface area contributed by atoms with E-state index >= 15 is 0 Å². The Kier molecular flexibility index (Phi) is 4.67. The Morgan fingerprint density at radius 1 is 1.17 bits per heavy atom. The third-order valence-electron chi connectivity index (χ3n) is 6.07. The second-order valence-corrected chi connectivity index (χ2v) is 7.78. The molecule has 3 aromatic rings. The van der Waals surface area contributed by atoms with Crippen LogP contribution < -0.4 is 5.32 Å². The van der Waals surface area contributed by atoms with Gasteiger partial charge in [-0.3, -0.25) is 4.79 Å². The van der Waals surface area contributed by atoms with Gasteiger partial charge < -0.3 is 19.2 Å². The Morgan fingerprint density at radius 3 is 2.76 bits per heavy atom. The number of hydrogen-bond acceptors (Lipinski definition) is 5. The van der Waals surface area contributed by atoms with Gasteiger partial charge >= 0.3 is 0 Å². The van der Waals surface area contributed by atoms with Crippen LogP contribution in [0.1, 0.15) is 46.5 Å². The number of nitrogens with zero attached hydrogens (tertiary/aromatic N) is 4. The molecule has 150 valence electrons. The lowest BCUT2D eigenvalue weighted by Gasteiger charge is -2.32. The van der Waals surface area contributed by atoms with E-state index in [1.807, 2.05) is 35.2 Å². The number of imidazole rings is 1. The number of likely N-dealkylation sites (tertiary alicyclic amines) is 1. The third kappa shape index (κ3) is 3.25. The van der Waals surface area contributed by atoms with Gasteiger partial charge in [0.1, 0.15) is 5.82 Å². The molecule has 2 aliphatic rings. The van der Waals surface area contributed by atoms with E-state index < -0.39 is 0 Å². The van der Waals surface area contributed by atoms with Crippen LogP contribution in [0.5, 0.6) is 0 Å². The zero-order valence-corrected chi connectivity index (χ0v) is 16.6. The normalized spacial score (nSPS) is 17.3. The van der Waals surface area contributed by atoms with Gasteiger partial charge in [0.25, 0.3) is 5.91 Å². The number of amides is 1. The molecule has 1 aromatic carbocycles. The summed E-state index contributed by atoms with van der Waals surface area (Å²) < 4.78 is 7.88. The minimum absolute atomic E-state index is 0.0548. The quantitative estimate of drug-likeness (QED) is 0.743. The van der Waals surface area contributed by atoms with Crippen molar-refractivity contribution in [2.75, 3.05) is 19.6 Å². The van der Waals surface area contributed by atoms with E-state index in [-0.39, 0.29) is 5.91 Å². The first kappa shape index (κ1) is 18.1. The van der Waals surface area contributed by atoms with E-state index in [2.05, 4.69) is 21.8 Å². The molecule has 1 fully saturated rings. The van der Waals surface area contributed by atoms with Gasteiger partial charge in [-0.2, -0.15) is 0 Å². The molecule has 1 saturated heterocycles. The molecule has 0 saturated carbocycles. The van der Waals surface area contributed by atoms with E-state index in [1.165, 1.54) is 17.8 Å². The molecule has 2 aromatic heterocycles. The number of piperidine rings is 1. The summed E-state index contributed by atoms with van der Waals surface area (Å²) in [7, 11) is 0. The second-order valence-electron chi connectivity index (χ2n) is 7.78. The molecule has 0 aliphatic carbocycles. The van der Waals surface area contributed by atoms with E-state index in [9.17, 15) is 4.79 Å². The number of nitrogens with one attached hydrogen (secondary N) is 1. The van der Waals surface area contributed by atoms with Crippen molar-refractivity contribution in [3.63, 3.8) is 0 Å². The van der Waals surface area contributed by atoms with Crippen molar-refractivity contribution in [2.24, 2.45) is 0 Å². The summed E-state index contributed by atoms with van der Waals surface area (Å²) in [6.45, 7) is 6.38. The van der Waals surface area contributed by atoms with Gasteiger partial charge in [-0.1, -0.05) is 30.3 Å². The first-order valence-electron chi connectivity index (χ1n) is 10.3. The largest absolute Gasteiger partial charge is 0.443 e. The Labute approximate surface area is 169 Å². The van der Waals surface area contributed by atoms with Crippen LogP contribution in [-0.4, -0.2) is 45.0 Å². The third-order valence-corrected chi connectivity index (χ3v) is 6.07. The molecule has 0 atom stereocenters. The van der Waals surface area contributed by atoms with Crippen LogP contribution in [-0.2, 0) is 13.1 Å². The van der Waals surface area contributed by atoms with Gasteiger partial charge in [0.2, 0.25) is 0 Å². The van der Waals surface area contributed by atoms with Crippen LogP contribution in [0.15, 0.2) is 41.1 Å². The highest BCUT2D eigenvalue weighted by molar-refractivity contribution is 5.97. The molecular weight excluding hydrogens is 366 g/mol. The molecule has 29 heavy (non-hydrogen) atoms. The molecule has 1 amide bonds. The van der Waals surface area contributed by atoms with Crippen molar-refractivity contribution in [2.45, 2.75) is 38.8 Å². The molecule has 0 unspecified atom stereocenters. The van der Waals surface area contributed by atoms with Crippen molar-refractivity contribution >= 4 is 5.91 Å². The van der Waals surface area contributed by atoms with Gasteiger partial charge in [0.05, 0.1) is 11.4 Å². The monoisotopic (exact) mass is 391 g/mol. The standard InChI is InChI=1S/C22H25N5O2/c1-15-25-19(18-13-23-9-12-27(15)18)16-7-10-26(11-8-16)22(28)20-21(29-14-24-20)17-5-3-2-4-6-17/h2-6,14,16,23H,7-13H2,1H3. The zero-order chi connectivity index (χ0) is 19.8. The molecule has 2 aliphatic heterocycles. The molecule has 0 radical (unpaired) electrons. The van der Waals surface area contributed by atoms with Crippen molar-refractivity contribution in [3.05, 3.63) is 59.6 Å². The molecular formula is C22H25N5O2. The number of rotatable bonds is 3. The van der Waals surface area contributed by atoms with E-state index in [0.29, 0.717) is 30.5 Å². The Bertz CT molecular complexity index is 1020. The van der Waals surface area contributed by atoms with E-state index in [1.54, 1.807) is 0 Å². The topological polar surface area (TPSA) is 76.2 Å². The zero-order valence-electron chi connectivity index (χ0n) is 16.6. The van der Waals surface area contributed by atoms with E-state index in [4.69, 9.17) is 9.40 Å². The maximum Gasteiger partial charge on any atom is 0.276 e. The van der Waals surface area contributed by atoms with Gasteiger partial charge in [-0.05, 0) is 19.8 Å². The molecule has 1 N–H and O–H groups in total. The van der Waals surface area contributed by atoms with Gasteiger partial charge in [-0.15, -0.1) is 0 Å². The molecule has 7 heteroatoms. The lowest BCUT2D eigenvalue weighted by atomic mass is 9.91. The molecule has 7 nitrogen and oxygen atoms in total. The van der Waals surface area contributed by atoms with Crippen LogP contribution in [0.2, 0.25) is 0 Å². The average molecular weight is 391 g/mol. The first-order chi connectivity index (χ1) is 14.2. The molecule has 5 rings (SSSR count). The Balaban J connectivity index is 1.31. The number of carbonyl (C=O) groups excluding carboxylic acids is 1. The fourth-order valence-electron chi connectivity index (χ4n) is 4.54. The lowest BCUT2D eigenvalue weighted by Crippen LogP contribution is -2.38. The highest BCUT2D eigenvalue weighted by Crippen LogP contribution is 2.32. The van der Waals surface area contributed by atoms with Crippen LogP contribution in [0.25, 0.3) is 11.3 Å². The number of benzene rings is 1. The molecule has 4 heterocycles. The first-order valence-corrected chi connectivity index (χ1v) is 10.3. The van der Waals surface area contributed by atoms with Crippen molar-refractivity contribution < 1.29 is 9.21 Å². The summed E-state index contributed by atoms with van der Waals surface area (Å²) in [5.41, 5.74) is 3.81. The fourth-order valence-corrected chi connectivity index (χ4v) is 4.54. The van der Waals surface area contributed by atoms with Crippen molar-refractivity contribution in [3.8, 4) is 11.3 Å². The maximum absolute atomic E-state index is 13.1. The van der Waals surface area contributed by atoms with E-state index in [0.717, 1.165) is 43.9 Å². The molecule has 0 bridgehead atoms. The minimum Gasteiger partial charge on any atom is -0.443 e. The summed E-state index contributed by atoms with van der Waals surface area (Å²) in [5, 5.41) is 3.46. The predicted octanol–water partition coefficient (Wildman–Crippen LogP) is 2.97. The van der Waals surface area contributed by atoms with Gasteiger partial charge in [-0.25, -0.2) is 9.97 Å². The second kappa shape index (κ2) is 7.48. The summed E-state index contributed by atoms with van der Waals surface area (Å²) in [4.78, 5) is 24.1. The van der Waals surface area contributed by atoms with Crippen molar-refractivity contribution in [1.82, 2.24) is 24.8 Å². The highest BCUT2D eigenvalue weighted by Gasteiger charge is 2.31. The van der Waals surface area contributed by atoms with Crippen LogP contribution in [0.4, 0.5) is 0 Å². The van der Waals surface area contributed by atoms with Crippen LogP contribution in [0, 0.1) is 6.92 Å². The number of aryl methyl sites for hydroxylation is 1. The fraction of sp³-hybridized carbons (Fsp3) is 0.409. The number of oxazole rings is 1. The SMILES string of the molecule is Cc1nc(C2CCN(C(=O)c3ncoc3-c3ccccc3)CC2)c2n1CCNC2. The van der Waals surface area contributed by atoms with Crippen molar-refractivity contribution in [1.29, 1.82) is 0 Å². The number of aromatic nitrogens is 3. The van der Waals surface area contributed by atoms with Crippen LogP contribution >= 0.6 is 0 Å². The van der Waals surface area contributed by atoms with Gasteiger partial charge in [0, 0.05) is 44.2 Å². The number of hydrogen-bond donors (Lipinski definition) is 1. The van der Waals surface area contributed by atoms with Gasteiger partial charge in [0.15, 0.2) is 17.8 Å². The lowest BCUT2D eigenvalue weighted by molar-refractivity contribution is 0.0707. The summed E-state index contributed by atoms with van der Waals surface area (Å²) in [5.74, 6) is 1.99. The number of fused-ring (bicyclic) bond motifs is 1. The van der Waals surface area contributed by atoms with Crippen LogP contribution in [0.3, 0.4) is 0 Å².